The van der Waals surface area contributed by atoms with Gasteiger partial charge >= 0.3 is 30.1 Å². The summed E-state index contributed by atoms with van der Waals surface area (Å²) >= 11 is 9.95. The average molecular weight is 2020 g/mol. The average Bonchev–Trinajstić information content (AvgIpc) is 1.65. The molecule has 16 N–H and O–H groups in total. The highest BCUT2D eigenvalue weighted by atomic mass is 32.2. The standard InChI is InChI=1S/C41H45N7O12S2.C33H43N7O6S2.C21H24N4OS2.CH4/c1-20(2)33(48-35(55)27(13-14-30(49)50)44-37(57)29(17-32(53)54)47-41(59)60-18-22-7-5-4-6-8-22)38(58)45-28(16-31(51)52)36(56)43-24-10-11-25-23(15-24)9-12-26-34(25)62-40(46-26)39-42-21(3)19-61-39;1-18-17-47-30(36-18)31-40-24-13-10-21-15-22(11-12-23(21)27(24)48-31)38-29(44)25(9-7-8-14-34-20(3)41)39-28(43)19(2)37-26(42)16-35-32(45)46-33(4,5)6;1-11(2)8-16(22)19(26)24-14-5-6-15-13(9-14)4-7-17-18(15)28-21(25-17)20-23-12(3)10-27-20;/h4-12,15,20-21,27-29,33H,13-14,16-19H2,1-3H3,(H,43,56)(H,44,57)(H,45,58)(H,47,59)(H,48,55)(H,49,50)(H,51,52)(H,53,54);10-13,15,18-19,25H,7-9,14,16-17H2,1-6H3,(H,34,41)(H,35,45)(H,37,42)(H,38,44)(H,39,43);4-7,9,11-12,16H,8,10,22H2,1-3H3,(H,24,26);1H4. The monoisotopic (exact) mass is 2020 g/mol. The number of carboxylic acid groups (broad SMARTS) is 3. The van der Waals surface area contributed by atoms with Crippen LogP contribution in [0.15, 0.2) is 136 Å². The largest absolute Gasteiger partial charge is 0.481 e. The molecule has 0 fully saturated rings. The van der Waals surface area contributed by atoms with E-state index in [1.165, 1.54) is 39.0 Å². The molecule has 11 amide bonds. The summed E-state index contributed by atoms with van der Waals surface area (Å²) in [5.41, 5.74) is 10.2. The number of thioether (sulfide) groups is 3. The SMILES string of the molecule is C.CC(=O)NCCCCC(NC(=O)C(C)NC(=O)CNC(=O)OC(C)(C)C)C(=O)Nc1ccc2c(ccc3nc(C4=NC(C)CS4)sc32)c1.CC(C)CC(N)C(=O)Nc1ccc2c(ccc3nc(C4=NC(C)CS4)sc32)c1.CC1CSC(c2nc3ccc4cc(NC(=O)C(CC(=O)O)NC(=O)C(NC(=O)C(CCC(=O)O)NC(=O)C(CC(=O)O)NC(=O)OCc5ccccc5)C(C)C)ccc4c3s2)=N1. The number of carbonyl (C=O) groups is 14. The molecule has 740 valence electrons. The van der Waals surface area contributed by atoms with Gasteiger partial charge in [-0.25, -0.2) is 24.5 Å². The molecule has 3 aromatic heterocycles. The lowest BCUT2D eigenvalue weighted by atomic mass is 10.0. The lowest BCUT2D eigenvalue weighted by Gasteiger charge is -2.27. The number of carbonyl (C=O) groups excluding carboxylic acids is 11. The van der Waals surface area contributed by atoms with Crippen molar-refractivity contribution >= 4 is 248 Å². The van der Waals surface area contributed by atoms with Gasteiger partial charge < -0.3 is 89.0 Å². The molecule has 10 atom stereocenters. The van der Waals surface area contributed by atoms with Crippen molar-refractivity contribution in [2.45, 2.75) is 215 Å². The van der Waals surface area contributed by atoms with E-state index in [0.29, 0.717) is 61.1 Å². The summed E-state index contributed by atoms with van der Waals surface area (Å²) in [5.74, 6) is -7.63. The van der Waals surface area contributed by atoms with Crippen molar-refractivity contribution in [2.75, 3.05) is 46.3 Å². The van der Waals surface area contributed by atoms with Crippen molar-refractivity contribution in [1.82, 2.24) is 57.5 Å². The summed E-state index contributed by atoms with van der Waals surface area (Å²) in [4.78, 5) is 204. The highest BCUT2D eigenvalue weighted by Crippen LogP contribution is 2.39. The van der Waals surface area contributed by atoms with Gasteiger partial charge in [-0.3, -0.25) is 72.5 Å². The van der Waals surface area contributed by atoms with Crippen molar-refractivity contribution in [3.63, 3.8) is 0 Å². The lowest BCUT2D eigenvalue weighted by molar-refractivity contribution is -0.141. The van der Waals surface area contributed by atoms with Crippen LogP contribution in [0.4, 0.5) is 26.7 Å². The van der Waals surface area contributed by atoms with Crippen molar-refractivity contribution in [2.24, 2.45) is 32.5 Å². The quantitative estimate of drug-likeness (QED) is 0.0160. The van der Waals surface area contributed by atoms with E-state index in [-0.39, 0.29) is 44.5 Å². The zero-order valence-corrected chi connectivity index (χ0v) is 82.9. The van der Waals surface area contributed by atoms with Gasteiger partial charge in [-0.05, 0) is 169 Å². The summed E-state index contributed by atoms with van der Waals surface area (Å²) in [6, 6.07) is 28.9. The Bertz CT molecular complexity index is 6340. The summed E-state index contributed by atoms with van der Waals surface area (Å²) in [6.07, 6.45) is -2.71. The summed E-state index contributed by atoms with van der Waals surface area (Å²) in [5, 5.41) is 68.0. The summed E-state index contributed by atoms with van der Waals surface area (Å²) in [6.45, 7) is 21.3. The predicted octanol–water partition coefficient (Wildman–Crippen LogP) is 12.9. The lowest BCUT2D eigenvalue weighted by Crippen LogP contribution is -2.59. The fourth-order valence-corrected chi connectivity index (χ4v) is 21.0. The zero-order valence-electron chi connectivity index (χ0n) is 78.0. The molecule has 43 heteroatoms. The Balaban J connectivity index is 0.000000228. The normalized spacial score (nSPS) is 15.9. The maximum Gasteiger partial charge on any atom is 0.408 e. The molecule has 0 aliphatic carbocycles. The Kier molecular flexibility index (Phi) is 39.1. The number of ether oxygens (including phenoxy) is 2. The zero-order chi connectivity index (χ0) is 99.9. The van der Waals surface area contributed by atoms with Crippen molar-refractivity contribution in [3.8, 4) is 0 Å². The number of amides is 11. The minimum atomic E-state index is -1.76. The molecule has 3 aliphatic heterocycles. The van der Waals surface area contributed by atoms with Crippen LogP contribution in [0.2, 0.25) is 0 Å². The van der Waals surface area contributed by atoms with E-state index >= 15 is 0 Å². The number of rotatable bonds is 38. The first kappa shape index (κ1) is 108. The maximum absolute atomic E-state index is 13.7. The first-order valence-corrected chi connectivity index (χ1v) is 50.1. The third-order valence-corrected chi connectivity index (χ3v) is 28.5. The highest BCUT2D eigenvalue weighted by Gasteiger charge is 2.36. The van der Waals surface area contributed by atoms with Gasteiger partial charge in [-0.2, -0.15) is 0 Å². The summed E-state index contributed by atoms with van der Waals surface area (Å²) in [7, 11) is 0. The highest BCUT2D eigenvalue weighted by molar-refractivity contribution is 8.15. The van der Waals surface area contributed by atoms with Gasteiger partial charge in [0, 0.05) is 70.4 Å². The molecule has 0 saturated heterocycles. The second-order valence-electron chi connectivity index (χ2n) is 35.0. The second-order valence-corrected chi connectivity index (χ2v) is 41.0. The second kappa shape index (κ2) is 50.2. The van der Waals surface area contributed by atoms with Gasteiger partial charge in [0.15, 0.2) is 0 Å². The molecule has 139 heavy (non-hydrogen) atoms. The molecule has 10 unspecified atom stereocenters. The van der Waals surface area contributed by atoms with E-state index in [4.69, 9.17) is 35.2 Å². The number of alkyl carbamates (subject to hydrolysis) is 2. The van der Waals surface area contributed by atoms with Crippen LogP contribution in [0.3, 0.4) is 0 Å². The third kappa shape index (κ3) is 31.9. The molecule has 0 saturated carbocycles. The molecule has 37 nitrogen and oxygen atoms in total. The number of nitrogens with two attached hydrogens (primary N) is 1. The maximum atomic E-state index is 13.7. The molecular weight excluding hydrogens is 1900 g/mol. The van der Waals surface area contributed by atoms with Gasteiger partial charge in [-0.1, -0.05) is 102 Å². The number of nitrogens with zero attached hydrogens (tertiary/aromatic N) is 6. The summed E-state index contributed by atoms with van der Waals surface area (Å²) < 4.78 is 13.3. The predicted molar refractivity (Wildman–Crippen MR) is 549 cm³/mol. The van der Waals surface area contributed by atoms with Crippen LogP contribution in [0, 0.1) is 11.8 Å². The number of hydrogen-bond donors (Lipinski definition) is 15. The minimum absolute atomic E-state index is 0. The number of anilines is 3. The van der Waals surface area contributed by atoms with Crippen LogP contribution < -0.4 is 64.2 Å². The number of fused-ring (bicyclic) bond motifs is 9. The van der Waals surface area contributed by atoms with E-state index in [1.54, 1.807) is 127 Å². The van der Waals surface area contributed by atoms with Gasteiger partial charge in [-0.15, -0.1) is 69.3 Å². The van der Waals surface area contributed by atoms with E-state index in [1.807, 2.05) is 67.6 Å². The molecule has 0 radical (unpaired) electrons. The van der Waals surface area contributed by atoms with Crippen molar-refractivity contribution in [1.29, 1.82) is 0 Å². The van der Waals surface area contributed by atoms with E-state index in [2.05, 4.69) is 108 Å². The first-order valence-electron chi connectivity index (χ1n) is 44.7. The van der Waals surface area contributed by atoms with Crippen LogP contribution in [0.5, 0.6) is 0 Å². The number of aromatic nitrogens is 3. The van der Waals surface area contributed by atoms with Crippen LogP contribution >= 0.6 is 69.3 Å². The van der Waals surface area contributed by atoms with Crippen molar-refractivity contribution in [3.05, 3.63) is 142 Å². The minimum Gasteiger partial charge on any atom is -0.481 e. The number of benzene rings is 7. The Labute approximate surface area is 826 Å². The van der Waals surface area contributed by atoms with Crippen molar-refractivity contribution < 1.29 is 91.9 Å². The Hall–Kier alpha value is -12.8. The van der Waals surface area contributed by atoms with Crippen LogP contribution in [0.25, 0.3) is 63.0 Å². The first-order chi connectivity index (χ1) is 65.5. The van der Waals surface area contributed by atoms with E-state index < -0.39 is 151 Å². The molecule has 10 aromatic rings. The van der Waals surface area contributed by atoms with E-state index in [0.717, 1.165) is 116 Å². The van der Waals surface area contributed by atoms with Crippen LogP contribution in [0.1, 0.15) is 162 Å². The molecular formula is C96H116N18O19S6. The number of aliphatic imine (C=N–C) groups is 3. The number of thiazole rings is 3. The Morgan fingerprint density at radius 1 is 0.475 bits per heavy atom. The molecule has 3 aliphatic rings. The van der Waals surface area contributed by atoms with Gasteiger partial charge in [0.25, 0.3) is 0 Å². The Morgan fingerprint density at radius 2 is 0.906 bits per heavy atom. The molecule has 0 spiro atoms. The van der Waals surface area contributed by atoms with Crippen LogP contribution in [-0.2, 0) is 73.6 Å². The smallest absolute Gasteiger partial charge is 0.408 e. The molecule has 7 aromatic carbocycles. The van der Waals surface area contributed by atoms with Gasteiger partial charge in [0.05, 0.1) is 67.7 Å². The number of nitrogens with one attached hydrogen (secondary N) is 11. The topological polar surface area (TPSA) is 552 Å². The Morgan fingerprint density at radius 3 is 1.33 bits per heavy atom. The van der Waals surface area contributed by atoms with Gasteiger partial charge in [0.1, 0.15) is 85.2 Å². The molecule has 0 bridgehead atoms. The number of unbranched alkanes of at least 4 members (excludes halogenated alkanes) is 1. The van der Waals surface area contributed by atoms with Gasteiger partial charge in [0.2, 0.25) is 53.2 Å². The number of hydrogen-bond acceptors (Lipinski definition) is 29. The number of carboxylic acids is 3. The molecule has 6 heterocycles. The third-order valence-electron chi connectivity index (χ3n) is 21.1. The fourth-order valence-electron chi connectivity index (χ4n) is 14.4. The molecule has 13 rings (SSSR count). The van der Waals surface area contributed by atoms with E-state index in [9.17, 15) is 82.4 Å². The number of aliphatic carboxylic acids is 3. The van der Waals surface area contributed by atoms with Crippen LogP contribution in [-0.4, -0.2) is 225 Å². The fraction of sp³-hybridized carbons (Fsp3) is 0.417.